The van der Waals surface area contributed by atoms with Gasteiger partial charge in [0.05, 0.1) is 11.1 Å². The van der Waals surface area contributed by atoms with Crippen molar-refractivity contribution < 1.29 is 9.50 Å². The van der Waals surface area contributed by atoms with Crippen molar-refractivity contribution in [2.45, 2.75) is 37.3 Å². The Hall–Kier alpha value is -1.70. The van der Waals surface area contributed by atoms with Gasteiger partial charge in [-0.3, -0.25) is 9.36 Å². The molecule has 1 aromatic carbocycles. The van der Waals surface area contributed by atoms with Gasteiger partial charge in [-0.2, -0.15) is 0 Å². The Labute approximate surface area is 158 Å². The van der Waals surface area contributed by atoms with E-state index in [1.54, 1.807) is 29.5 Å². The number of fused-ring (bicyclic) bond motifs is 3. The van der Waals surface area contributed by atoms with Crippen molar-refractivity contribution in [3.63, 3.8) is 0 Å². The van der Waals surface area contributed by atoms with Crippen LogP contribution in [0.25, 0.3) is 15.9 Å². The Morgan fingerprint density at radius 3 is 2.88 bits per heavy atom. The van der Waals surface area contributed by atoms with Crippen LogP contribution < -0.4 is 5.56 Å². The molecule has 0 saturated carbocycles. The number of aryl methyl sites for hydroxylation is 2. The largest absolute Gasteiger partial charge is 0.396 e. The van der Waals surface area contributed by atoms with Gasteiger partial charge in [-0.1, -0.05) is 23.9 Å². The maximum Gasteiger partial charge on any atom is 0.267 e. The zero-order valence-corrected chi connectivity index (χ0v) is 15.8. The van der Waals surface area contributed by atoms with Gasteiger partial charge in [-0.15, -0.1) is 11.3 Å². The molecule has 4 nitrogen and oxygen atoms in total. The number of benzene rings is 1. The van der Waals surface area contributed by atoms with Crippen LogP contribution in [0.3, 0.4) is 0 Å². The first-order chi connectivity index (χ1) is 12.7. The molecule has 2 aromatic heterocycles. The maximum absolute atomic E-state index is 14.5. The lowest BCUT2D eigenvalue weighted by molar-refractivity contribution is 0.296. The number of thioether (sulfide) groups is 1. The number of aliphatic hydroxyl groups is 1. The predicted octanol–water partition coefficient (Wildman–Crippen LogP) is 3.94. The molecule has 1 aliphatic rings. The summed E-state index contributed by atoms with van der Waals surface area (Å²) >= 11 is 2.98. The van der Waals surface area contributed by atoms with Gasteiger partial charge in [-0.25, -0.2) is 9.37 Å². The molecule has 0 fully saturated rings. The minimum absolute atomic E-state index is 0.0759. The molecule has 136 valence electrons. The second-order valence-electron chi connectivity index (χ2n) is 6.30. The Morgan fingerprint density at radius 1 is 1.27 bits per heavy atom. The van der Waals surface area contributed by atoms with E-state index in [1.165, 1.54) is 27.3 Å². The summed E-state index contributed by atoms with van der Waals surface area (Å²) in [6.07, 6.45) is 4.68. The summed E-state index contributed by atoms with van der Waals surface area (Å²) in [6.45, 7) is 0.0759. The SMILES string of the molecule is O=c1c2c3c(sc2nc(SCCCO)n1-c1ccccc1F)CCCC3. The first-order valence-electron chi connectivity index (χ1n) is 8.76. The third kappa shape index (κ3) is 3.08. The zero-order valence-electron chi connectivity index (χ0n) is 14.2. The van der Waals surface area contributed by atoms with Gasteiger partial charge in [-0.05, 0) is 49.8 Å². The summed E-state index contributed by atoms with van der Waals surface area (Å²) < 4.78 is 15.9. The molecule has 0 spiro atoms. The van der Waals surface area contributed by atoms with Crippen molar-refractivity contribution in [1.82, 2.24) is 9.55 Å². The number of thiophene rings is 1. The van der Waals surface area contributed by atoms with Crippen LogP contribution in [0.1, 0.15) is 29.7 Å². The Kier molecular flexibility index (Phi) is 5.11. The molecule has 0 bridgehead atoms. The predicted molar refractivity (Wildman–Crippen MR) is 104 cm³/mol. The van der Waals surface area contributed by atoms with Crippen LogP contribution in [0.4, 0.5) is 4.39 Å². The smallest absolute Gasteiger partial charge is 0.267 e. The summed E-state index contributed by atoms with van der Waals surface area (Å²) in [4.78, 5) is 20.1. The lowest BCUT2D eigenvalue weighted by Gasteiger charge is -2.14. The molecule has 0 unspecified atom stereocenters. The number of aliphatic hydroxyl groups excluding tert-OH is 1. The fraction of sp³-hybridized carbons (Fsp3) is 0.368. The van der Waals surface area contributed by atoms with Gasteiger partial charge < -0.3 is 5.11 Å². The van der Waals surface area contributed by atoms with Crippen molar-refractivity contribution in [2.24, 2.45) is 0 Å². The topological polar surface area (TPSA) is 55.1 Å². The Bertz CT molecular complexity index is 1010. The highest BCUT2D eigenvalue weighted by molar-refractivity contribution is 7.99. The van der Waals surface area contributed by atoms with Gasteiger partial charge >= 0.3 is 0 Å². The number of halogens is 1. The Morgan fingerprint density at radius 2 is 2.08 bits per heavy atom. The molecule has 0 saturated heterocycles. The summed E-state index contributed by atoms with van der Waals surface area (Å²) in [5.41, 5.74) is 1.14. The molecule has 3 aromatic rings. The summed E-state index contributed by atoms with van der Waals surface area (Å²) in [5.74, 6) is 0.178. The van der Waals surface area contributed by atoms with Crippen molar-refractivity contribution >= 4 is 33.3 Å². The van der Waals surface area contributed by atoms with Crippen molar-refractivity contribution in [2.75, 3.05) is 12.4 Å². The molecular weight excluding hydrogens is 371 g/mol. The second-order valence-corrected chi connectivity index (χ2v) is 8.45. The standard InChI is InChI=1S/C19H19FN2O2S2/c20-13-7-2-3-8-14(13)22-18(24)16-12-6-1-4-9-15(12)26-17(16)21-19(22)25-11-5-10-23/h2-3,7-8,23H,1,4-6,9-11H2. The molecule has 1 aliphatic carbocycles. The van der Waals surface area contributed by atoms with Gasteiger partial charge in [0.2, 0.25) is 0 Å². The van der Waals surface area contributed by atoms with Crippen LogP contribution in [-0.4, -0.2) is 27.0 Å². The highest BCUT2D eigenvalue weighted by atomic mass is 32.2. The fourth-order valence-electron chi connectivity index (χ4n) is 3.36. The molecule has 1 N–H and O–H groups in total. The minimum atomic E-state index is -0.441. The number of aromatic nitrogens is 2. The van der Waals surface area contributed by atoms with Gasteiger partial charge in [0.15, 0.2) is 5.16 Å². The molecule has 0 radical (unpaired) electrons. The molecule has 0 aliphatic heterocycles. The van der Waals surface area contributed by atoms with E-state index in [2.05, 4.69) is 0 Å². The number of rotatable bonds is 5. The van der Waals surface area contributed by atoms with E-state index >= 15 is 0 Å². The summed E-state index contributed by atoms with van der Waals surface area (Å²) in [7, 11) is 0. The monoisotopic (exact) mass is 390 g/mol. The highest BCUT2D eigenvalue weighted by Crippen LogP contribution is 2.35. The number of hydrogen-bond donors (Lipinski definition) is 1. The fourth-order valence-corrected chi connectivity index (χ4v) is 5.59. The van der Waals surface area contributed by atoms with Crippen LogP contribution in [0.5, 0.6) is 0 Å². The van der Waals surface area contributed by atoms with Crippen LogP contribution in [0.15, 0.2) is 34.2 Å². The normalized spacial score (nSPS) is 13.9. The Balaban J connectivity index is 1.96. The molecule has 0 atom stereocenters. The molecular formula is C19H19FN2O2S2. The number of para-hydroxylation sites is 1. The lowest BCUT2D eigenvalue weighted by Crippen LogP contribution is -2.23. The first-order valence-corrected chi connectivity index (χ1v) is 10.6. The first kappa shape index (κ1) is 17.7. The van der Waals surface area contributed by atoms with E-state index in [9.17, 15) is 9.18 Å². The van der Waals surface area contributed by atoms with E-state index in [1.807, 2.05) is 0 Å². The van der Waals surface area contributed by atoms with E-state index in [0.29, 0.717) is 22.7 Å². The molecule has 2 heterocycles. The highest BCUT2D eigenvalue weighted by Gasteiger charge is 2.23. The van der Waals surface area contributed by atoms with Crippen LogP contribution in [-0.2, 0) is 12.8 Å². The third-order valence-electron chi connectivity index (χ3n) is 4.59. The summed E-state index contributed by atoms with van der Waals surface area (Å²) in [6, 6.07) is 6.30. The van der Waals surface area contributed by atoms with Gasteiger partial charge in [0.1, 0.15) is 10.6 Å². The van der Waals surface area contributed by atoms with Gasteiger partial charge in [0.25, 0.3) is 5.56 Å². The number of nitrogens with zero attached hydrogens (tertiary/aromatic N) is 2. The average molecular weight is 391 g/mol. The third-order valence-corrected chi connectivity index (χ3v) is 6.80. The zero-order chi connectivity index (χ0) is 18.1. The van der Waals surface area contributed by atoms with Crippen molar-refractivity contribution in [3.05, 3.63) is 50.9 Å². The molecule has 7 heteroatoms. The molecule has 0 amide bonds. The molecule has 26 heavy (non-hydrogen) atoms. The number of hydrogen-bond acceptors (Lipinski definition) is 5. The quantitative estimate of drug-likeness (QED) is 0.407. The van der Waals surface area contributed by atoms with E-state index in [4.69, 9.17) is 10.1 Å². The average Bonchev–Trinajstić information content (AvgIpc) is 3.02. The minimum Gasteiger partial charge on any atom is -0.396 e. The van der Waals surface area contributed by atoms with Crippen molar-refractivity contribution in [3.8, 4) is 5.69 Å². The van der Waals surface area contributed by atoms with Crippen molar-refractivity contribution in [1.29, 1.82) is 0 Å². The second kappa shape index (κ2) is 7.50. The molecule has 4 rings (SSSR count). The van der Waals surface area contributed by atoms with Crippen LogP contribution >= 0.6 is 23.1 Å². The lowest BCUT2D eigenvalue weighted by atomic mass is 9.97. The van der Waals surface area contributed by atoms with E-state index in [-0.39, 0.29) is 17.9 Å². The van der Waals surface area contributed by atoms with Gasteiger partial charge in [0, 0.05) is 17.2 Å². The van der Waals surface area contributed by atoms with Crippen LogP contribution in [0, 0.1) is 5.82 Å². The summed E-state index contributed by atoms with van der Waals surface area (Å²) in [5, 5.41) is 10.2. The van der Waals surface area contributed by atoms with E-state index < -0.39 is 5.82 Å². The van der Waals surface area contributed by atoms with E-state index in [0.717, 1.165) is 36.1 Å². The maximum atomic E-state index is 14.5. The van der Waals surface area contributed by atoms with Crippen LogP contribution in [0.2, 0.25) is 0 Å².